The molecule has 1 aliphatic rings. The molecule has 1 aliphatic heterocycles. The first kappa shape index (κ1) is 26.0. The summed E-state index contributed by atoms with van der Waals surface area (Å²) in [7, 11) is -16.8. The van der Waals surface area contributed by atoms with Crippen molar-refractivity contribution in [3.8, 4) is 12.3 Å². The first-order valence-electron chi connectivity index (χ1n) is 7.92. The molecule has 0 radical (unpaired) electrons. The lowest BCUT2D eigenvalue weighted by atomic mass is 10.0. The van der Waals surface area contributed by atoms with Gasteiger partial charge in [-0.15, -0.1) is 6.42 Å². The lowest BCUT2D eigenvalue weighted by molar-refractivity contribution is -0.0236. The minimum absolute atomic E-state index is 0.0315. The Kier molecular flexibility index (Phi) is 7.80. The predicted octanol–water partition coefficient (Wildman–Crippen LogP) is -1.44. The van der Waals surface area contributed by atoms with Crippen LogP contribution in [0.25, 0.3) is 0 Å². The normalized spacial score (nSPS) is 27.9. The largest absolute Gasteiger partial charge is 0.490 e. The number of phosphoric acid groups is 3. The SMILES string of the molecule is C#Cc1[nH]c(=O)c(C)nc1[C@@H]1O[C@H](COP(=O)(O)OP(=O)(O)OP(=O)(O)O)C(O)[C@@H]1O. The van der Waals surface area contributed by atoms with Crippen molar-refractivity contribution in [2.45, 2.75) is 31.3 Å². The maximum atomic E-state index is 11.8. The fourth-order valence-electron chi connectivity index (χ4n) is 2.45. The van der Waals surface area contributed by atoms with Gasteiger partial charge < -0.3 is 39.5 Å². The van der Waals surface area contributed by atoms with Gasteiger partial charge in [0.2, 0.25) is 0 Å². The Hall–Kier alpha value is -1.27. The number of aromatic nitrogens is 2. The van der Waals surface area contributed by atoms with Crippen molar-refractivity contribution >= 4 is 23.5 Å². The van der Waals surface area contributed by atoms with Crippen LogP contribution in [0.5, 0.6) is 0 Å². The summed E-state index contributed by atoms with van der Waals surface area (Å²) < 4.78 is 50.5. The van der Waals surface area contributed by atoms with Crippen molar-refractivity contribution in [3.05, 3.63) is 27.4 Å². The van der Waals surface area contributed by atoms with E-state index in [-0.39, 0.29) is 17.1 Å². The van der Waals surface area contributed by atoms with Crippen molar-refractivity contribution in [3.63, 3.8) is 0 Å². The van der Waals surface area contributed by atoms with E-state index in [0.717, 1.165) is 0 Å². The Labute approximate surface area is 173 Å². The van der Waals surface area contributed by atoms with E-state index in [4.69, 9.17) is 25.8 Å². The van der Waals surface area contributed by atoms with E-state index in [1.807, 2.05) is 0 Å². The molecule has 2 heterocycles. The number of aliphatic hydroxyl groups is 2. The van der Waals surface area contributed by atoms with Crippen LogP contribution in [0.3, 0.4) is 0 Å². The number of nitrogens with one attached hydrogen (secondary N) is 1. The lowest BCUT2D eigenvalue weighted by Crippen LogP contribution is -2.33. The molecule has 1 aromatic heterocycles. The van der Waals surface area contributed by atoms with Crippen molar-refractivity contribution in [2.24, 2.45) is 0 Å². The maximum Gasteiger partial charge on any atom is 0.490 e. The fraction of sp³-hybridized carbons (Fsp3) is 0.500. The summed E-state index contributed by atoms with van der Waals surface area (Å²) in [6.45, 7) is 0.333. The van der Waals surface area contributed by atoms with Gasteiger partial charge in [0.1, 0.15) is 41.5 Å². The smallest absolute Gasteiger partial charge is 0.387 e. The zero-order valence-electron chi connectivity index (χ0n) is 15.3. The summed E-state index contributed by atoms with van der Waals surface area (Å²) in [5, 5.41) is 20.3. The molecule has 7 N–H and O–H groups in total. The van der Waals surface area contributed by atoms with Crippen LogP contribution in [-0.4, -0.2) is 64.7 Å². The lowest BCUT2D eigenvalue weighted by Gasteiger charge is -2.19. The number of nitrogens with zero attached hydrogens (tertiary/aromatic N) is 1. The summed E-state index contributed by atoms with van der Waals surface area (Å²) in [6, 6.07) is 0. The van der Waals surface area contributed by atoms with Crippen LogP contribution in [0.15, 0.2) is 4.79 Å². The van der Waals surface area contributed by atoms with Crippen LogP contribution < -0.4 is 5.56 Å². The molecule has 174 valence electrons. The van der Waals surface area contributed by atoms with Gasteiger partial charge in [0.25, 0.3) is 5.56 Å². The summed E-state index contributed by atoms with van der Waals surface area (Å²) in [5.41, 5.74) is -0.905. The summed E-state index contributed by atoms with van der Waals surface area (Å²) in [4.78, 5) is 53.4. The van der Waals surface area contributed by atoms with E-state index in [2.05, 4.69) is 29.0 Å². The van der Waals surface area contributed by atoms with Gasteiger partial charge in [-0.2, -0.15) is 8.62 Å². The fourth-order valence-corrected chi connectivity index (χ4v) is 5.48. The number of phosphoric ester groups is 1. The Morgan fingerprint density at radius 1 is 1.13 bits per heavy atom. The second-order valence-corrected chi connectivity index (χ2v) is 10.4. The van der Waals surface area contributed by atoms with Crippen LogP contribution in [0.4, 0.5) is 0 Å². The third kappa shape index (κ3) is 6.85. The topological polar surface area (TPSA) is 255 Å². The number of terminal acetylenes is 1. The second-order valence-electron chi connectivity index (χ2n) is 6.02. The second kappa shape index (κ2) is 9.30. The number of hydrogen-bond acceptors (Lipinski definition) is 11. The molecule has 0 amide bonds. The van der Waals surface area contributed by atoms with E-state index < -0.39 is 60.1 Å². The number of aromatic amines is 1. The molecule has 1 fully saturated rings. The third-order valence-corrected chi connectivity index (χ3v) is 7.51. The molecule has 1 aromatic rings. The molecule has 16 nitrogen and oxygen atoms in total. The van der Waals surface area contributed by atoms with Gasteiger partial charge in [0.05, 0.1) is 6.61 Å². The highest BCUT2D eigenvalue weighted by molar-refractivity contribution is 7.66. The van der Waals surface area contributed by atoms with Crippen LogP contribution in [-0.2, 0) is 31.6 Å². The highest BCUT2D eigenvalue weighted by atomic mass is 31.3. The number of aryl methyl sites for hydroxylation is 1. The number of hydrogen-bond donors (Lipinski definition) is 7. The molecule has 0 saturated carbocycles. The summed E-state index contributed by atoms with van der Waals surface area (Å²) >= 11 is 0. The Morgan fingerprint density at radius 2 is 1.74 bits per heavy atom. The van der Waals surface area contributed by atoms with Gasteiger partial charge in [0, 0.05) is 0 Å². The van der Waals surface area contributed by atoms with E-state index in [9.17, 15) is 33.6 Å². The highest BCUT2D eigenvalue weighted by Gasteiger charge is 2.47. The molecule has 0 aromatic carbocycles. The first-order chi connectivity index (χ1) is 14.1. The molecule has 0 spiro atoms. The zero-order valence-corrected chi connectivity index (χ0v) is 18.0. The number of H-pyrrole nitrogens is 1. The molecular formula is C12H17N2O14P3. The van der Waals surface area contributed by atoms with Crippen molar-refractivity contribution < 1.29 is 61.4 Å². The first-order valence-corrected chi connectivity index (χ1v) is 12.4. The highest BCUT2D eigenvalue weighted by Crippen LogP contribution is 2.66. The monoisotopic (exact) mass is 506 g/mol. The van der Waals surface area contributed by atoms with E-state index in [1.54, 1.807) is 0 Å². The average Bonchev–Trinajstić information content (AvgIpc) is 2.87. The summed E-state index contributed by atoms with van der Waals surface area (Å²) in [5.74, 6) is 2.13. The van der Waals surface area contributed by atoms with E-state index >= 15 is 0 Å². The Morgan fingerprint density at radius 3 is 2.29 bits per heavy atom. The van der Waals surface area contributed by atoms with Crippen molar-refractivity contribution in [2.75, 3.05) is 6.61 Å². The van der Waals surface area contributed by atoms with Crippen LogP contribution in [0.1, 0.15) is 23.2 Å². The minimum Gasteiger partial charge on any atom is -0.387 e. The zero-order chi connectivity index (χ0) is 23.8. The van der Waals surface area contributed by atoms with Gasteiger partial charge >= 0.3 is 23.5 Å². The number of rotatable bonds is 8. The van der Waals surface area contributed by atoms with Gasteiger partial charge in [-0.25, -0.2) is 18.7 Å². The van der Waals surface area contributed by atoms with Gasteiger partial charge in [-0.1, -0.05) is 5.92 Å². The maximum absolute atomic E-state index is 11.8. The average molecular weight is 506 g/mol. The van der Waals surface area contributed by atoms with Crippen molar-refractivity contribution in [1.82, 2.24) is 9.97 Å². The van der Waals surface area contributed by atoms with Crippen LogP contribution in [0, 0.1) is 19.3 Å². The molecule has 19 heteroatoms. The predicted molar refractivity (Wildman–Crippen MR) is 97.0 cm³/mol. The van der Waals surface area contributed by atoms with Crippen LogP contribution in [0.2, 0.25) is 0 Å². The van der Waals surface area contributed by atoms with E-state index in [0.29, 0.717) is 0 Å². The molecule has 31 heavy (non-hydrogen) atoms. The number of aliphatic hydroxyl groups excluding tert-OH is 2. The minimum atomic E-state index is -5.72. The Bertz CT molecular complexity index is 1080. The van der Waals surface area contributed by atoms with Gasteiger partial charge in [-0.05, 0) is 6.92 Å². The Balaban J connectivity index is 2.13. The van der Waals surface area contributed by atoms with Crippen molar-refractivity contribution in [1.29, 1.82) is 0 Å². The van der Waals surface area contributed by atoms with Crippen LogP contribution >= 0.6 is 23.5 Å². The number of ether oxygens (including phenoxy) is 1. The molecular weight excluding hydrogens is 489 g/mol. The van der Waals surface area contributed by atoms with E-state index in [1.165, 1.54) is 6.92 Å². The molecule has 2 rings (SSSR count). The van der Waals surface area contributed by atoms with Gasteiger partial charge in [0.15, 0.2) is 0 Å². The molecule has 1 saturated heterocycles. The quantitative estimate of drug-likeness (QED) is 0.157. The van der Waals surface area contributed by atoms with Gasteiger partial charge in [-0.3, -0.25) is 9.32 Å². The molecule has 6 atom stereocenters. The molecule has 0 aliphatic carbocycles. The summed E-state index contributed by atoms with van der Waals surface area (Å²) in [6.07, 6.45) is -1.06. The molecule has 0 bridgehead atoms. The molecule has 3 unspecified atom stereocenters. The third-order valence-electron chi connectivity index (χ3n) is 3.71. The standard InChI is InChI=1S/C12H17N2O14P3/c1-3-6-8(13-5(2)12(17)14-6)11-10(16)9(15)7(26-11)4-25-30(21,22)28-31(23,24)27-29(18,19)20/h1,7,9-11,15-16H,4H2,2H3,(H,14,17)(H,21,22)(H,23,24)(H2,18,19,20)/t7-,9?,10+,11+/m1/s1.